The van der Waals surface area contributed by atoms with E-state index in [0.717, 1.165) is 0 Å². The zero-order valence-corrected chi connectivity index (χ0v) is 20.9. The van der Waals surface area contributed by atoms with Crippen LogP contribution in [0, 0.1) is 0 Å². The Morgan fingerprint density at radius 2 is 1.59 bits per heavy atom. The first-order valence-electron chi connectivity index (χ1n) is 12.1. The Hall–Kier alpha value is -3.81. The number of rotatable bonds is 6. The molecule has 12 heteroatoms. The van der Waals surface area contributed by atoms with Crippen LogP contribution in [0.15, 0.2) is 30.3 Å². The molecule has 39 heavy (non-hydrogen) atoms. The second-order valence-corrected chi connectivity index (χ2v) is 9.27. The minimum Gasteiger partial charge on any atom is -0.493 e. The summed E-state index contributed by atoms with van der Waals surface area (Å²) in [7, 11) is 2.96. The van der Waals surface area contributed by atoms with E-state index in [4.69, 9.17) is 33.2 Å². The number of cyclic esters (lactones) is 1. The van der Waals surface area contributed by atoms with E-state index in [1.165, 1.54) is 14.2 Å². The summed E-state index contributed by atoms with van der Waals surface area (Å²) in [4.78, 5) is 13.1. The van der Waals surface area contributed by atoms with Crippen LogP contribution in [0.25, 0.3) is 21.9 Å². The maximum Gasteiger partial charge on any atom is 0.339 e. The van der Waals surface area contributed by atoms with Crippen LogP contribution in [-0.2, 0) is 16.1 Å². The summed E-state index contributed by atoms with van der Waals surface area (Å²) in [5, 5.41) is 41.8. The van der Waals surface area contributed by atoms with Gasteiger partial charge in [0.05, 0.1) is 26.4 Å². The fourth-order valence-corrected chi connectivity index (χ4v) is 5.18. The molecule has 3 aromatic rings. The van der Waals surface area contributed by atoms with Crippen molar-refractivity contribution < 1.29 is 58.4 Å². The Kier molecular flexibility index (Phi) is 6.36. The van der Waals surface area contributed by atoms with Gasteiger partial charge in [-0.2, -0.15) is 0 Å². The fraction of sp³-hybridized carbons (Fsp3) is 0.370. The Labute approximate surface area is 221 Å². The Morgan fingerprint density at radius 3 is 2.31 bits per heavy atom. The molecule has 1 fully saturated rings. The number of carbonyl (C=O) groups excluding carboxylic acids is 1. The quantitative estimate of drug-likeness (QED) is 0.329. The summed E-state index contributed by atoms with van der Waals surface area (Å²) >= 11 is 0. The third kappa shape index (κ3) is 3.99. The van der Waals surface area contributed by atoms with Crippen LogP contribution in [-0.4, -0.2) is 84.7 Å². The second-order valence-electron chi connectivity index (χ2n) is 9.27. The van der Waals surface area contributed by atoms with Gasteiger partial charge in [0, 0.05) is 16.5 Å². The Bertz CT molecular complexity index is 1450. The molecule has 0 aliphatic carbocycles. The Morgan fingerprint density at radius 1 is 0.872 bits per heavy atom. The van der Waals surface area contributed by atoms with Crippen LogP contribution in [0.5, 0.6) is 28.7 Å². The molecule has 3 aliphatic rings. The van der Waals surface area contributed by atoms with Gasteiger partial charge in [-0.15, -0.1) is 0 Å². The van der Waals surface area contributed by atoms with E-state index < -0.39 is 43.3 Å². The number of esters is 1. The van der Waals surface area contributed by atoms with Gasteiger partial charge in [-0.05, 0) is 35.2 Å². The van der Waals surface area contributed by atoms with Crippen molar-refractivity contribution >= 4 is 16.7 Å². The van der Waals surface area contributed by atoms with Crippen molar-refractivity contribution in [2.45, 2.75) is 37.3 Å². The van der Waals surface area contributed by atoms with Crippen LogP contribution in [0.4, 0.5) is 0 Å². The van der Waals surface area contributed by atoms with Crippen LogP contribution in [0.1, 0.15) is 15.9 Å². The minimum atomic E-state index is -1.67. The van der Waals surface area contributed by atoms with Crippen LogP contribution < -0.4 is 23.7 Å². The lowest BCUT2D eigenvalue weighted by Gasteiger charge is -2.39. The number of carbonyl (C=O) groups is 1. The van der Waals surface area contributed by atoms with E-state index in [-0.39, 0.29) is 24.7 Å². The predicted octanol–water partition coefficient (Wildman–Crippen LogP) is 1.10. The van der Waals surface area contributed by atoms with E-state index >= 15 is 0 Å². The standard InChI is InChI=1S/C27H26O12/c1-33-16-6-12-13(7-17(16)34-2)25(39-27-24(31)23(30)22(29)19(8-28)38-27)14-9-35-26(32)21(14)20(12)11-3-4-15-18(5-11)37-10-36-15/h3-7,19,22-24,27-31H,8-10H2,1-2H3/t19-,22+,23+,24-,27+/m1/s1. The summed E-state index contributed by atoms with van der Waals surface area (Å²) in [6.07, 6.45) is -7.56. The van der Waals surface area contributed by atoms with Crippen LogP contribution in [0.2, 0.25) is 0 Å². The molecule has 12 nitrogen and oxygen atoms in total. The molecule has 4 N–H and O–H groups in total. The SMILES string of the molecule is COc1cc2c(O[C@@H]3O[C@H](CO)[C@H](O)[C@H](O)[C@H]3O)c3c(c(-c4ccc5c(c4)OCO5)c2cc1OC)C(=O)OC3. The molecule has 0 unspecified atom stereocenters. The highest BCUT2D eigenvalue weighted by molar-refractivity contribution is 6.14. The molecule has 3 aliphatic heterocycles. The number of aliphatic hydroxyl groups excluding tert-OH is 4. The Balaban J connectivity index is 1.59. The molecule has 3 heterocycles. The van der Waals surface area contributed by atoms with Crippen molar-refractivity contribution in [2.75, 3.05) is 27.6 Å². The highest BCUT2D eigenvalue weighted by atomic mass is 16.7. The zero-order chi connectivity index (χ0) is 27.4. The minimum absolute atomic E-state index is 0.0799. The summed E-state index contributed by atoms with van der Waals surface area (Å²) in [5.41, 5.74) is 1.78. The number of methoxy groups -OCH3 is 2. The first-order chi connectivity index (χ1) is 18.9. The topological polar surface area (TPSA) is 163 Å². The second kappa shape index (κ2) is 9.74. The van der Waals surface area contributed by atoms with E-state index in [2.05, 4.69) is 0 Å². The van der Waals surface area contributed by atoms with Gasteiger partial charge in [0.15, 0.2) is 23.0 Å². The molecule has 1 saturated heterocycles. The molecular weight excluding hydrogens is 516 g/mol. The average Bonchev–Trinajstić information content (AvgIpc) is 3.58. The highest BCUT2D eigenvalue weighted by Gasteiger charge is 2.45. The van der Waals surface area contributed by atoms with Gasteiger partial charge in [0.1, 0.15) is 36.8 Å². The molecule has 0 spiro atoms. The molecule has 206 valence electrons. The number of fused-ring (bicyclic) bond motifs is 3. The van der Waals surface area contributed by atoms with Crippen molar-refractivity contribution in [3.05, 3.63) is 41.5 Å². The van der Waals surface area contributed by atoms with E-state index in [1.807, 2.05) is 0 Å². The van der Waals surface area contributed by atoms with Gasteiger partial charge in [0.25, 0.3) is 0 Å². The van der Waals surface area contributed by atoms with Gasteiger partial charge in [-0.3, -0.25) is 0 Å². The van der Waals surface area contributed by atoms with Gasteiger partial charge in [-0.1, -0.05) is 6.07 Å². The largest absolute Gasteiger partial charge is 0.493 e. The van der Waals surface area contributed by atoms with Crippen LogP contribution >= 0.6 is 0 Å². The lowest BCUT2D eigenvalue weighted by molar-refractivity contribution is -0.277. The summed E-state index contributed by atoms with van der Waals surface area (Å²) in [6.45, 7) is -0.682. The molecule has 0 radical (unpaired) electrons. The monoisotopic (exact) mass is 542 g/mol. The maximum atomic E-state index is 13.1. The van der Waals surface area contributed by atoms with Gasteiger partial charge < -0.3 is 53.6 Å². The van der Waals surface area contributed by atoms with Crippen molar-refractivity contribution in [2.24, 2.45) is 0 Å². The highest BCUT2D eigenvalue weighted by Crippen LogP contribution is 2.49. The van der Waals surface area contributed by atoms with E-state index in [9.17, 15) is 25.2 Å². The lowest BCUT2D eigenvalue weighted by atomic mass is 9.89. The van der Waals surface area contributed by atoms with Gasteiger partial charge in [-0.25, -0.2) is 4.79 Å². The molecule has 0 aromatic heterocycles. The lowest BCUT2D eigenvalue weighted by Crippen LogP contribution is -2.60. The van der Waals surface area contributed by atoms with E-state index in [0.29, 0.717) is 50.5 Å². The summed E-state index contributed by atoms with van der Waals surface area (Å²) < 4.78 is 39.2. The fourth-order valence-electron chi connectivity index (χ4n) is 5.18. The molecule has 5 atom stereocenters. The molecule has 0 saturated carbocycles. The summed E-state index contributed by atoms with van der Waals surface area (Å²) in [5.74, 6) is 1.39. The smallest absolute Gasteiger partial charge is 0.339 e. The third-order valence-corrected chi connectivity index (χ3v) is 7.16. The van der Waals surface area contributed by atoms with Gasteiger partial charge in [0.2, 0.25) is 13.1 Å². The van der Waals surface area contributed by atoms with Crippen molar-refractivity contribution in [1.29, 1.82) is 0 Å². The summed E-state index contributed by atoms with van der Waals surface area (Å²) in [6, 6.07) is 8.66. The maximum absolute atomic E-state index is 13.1. The predicted molar refractivity (Wildman–Crippen MR) is 132 cm³/mol. The molecular formula is C27H26O12. The molecule has 0 bridgehead atoms. The van der Waals surface area contributed by atoms with Crippen molar-refractivity contribution in [1.82, 2.24) is 0 Å². The number of aliphatic hydroxyl groups is 4. The first kappa shape index (κ1) is 25.5. The average molecular weight is 542 g/mol. The third-order valence-electron chi connectivity index (χ3n) is 7.16. The first-order valence-corrected chi connectivity index (χ1v) is 12.1. The van der Waals surface area contributed by atoms with Gasteiger partial charge >= 0.3 is 5.97 Å². The molecule has 0 amide bonds. The van der Waals surface area contributed by atoms with E-state index in [1.54, 1.807) is 30.3 Å². The van der Waals surface area contributed by atoms with Crippen LogP contribution in [0.3, 0.4) is 0 Å². The zero-order valence-electron chi connectivity index (χ0n) is 20.9. The number of hydrogen-bond donors (Lipinski definition) is 4. The number of benzene rings is 3. The molecule has 3 aromatic carbocycles. The molecule has 6 rings (SSSR count). The number of hydrogen-bond acceptors (Lipinski definition) is 12. The normalized spacial score (nSPS) is 25.4. The van der Waals surface area contributed by atoms with Crippen molar-refractivity contribution in [3.8, 4) is 39.9 Å². The number of ether oxygens (including phenoxy) is 7. The van der Waals surface area contributed by atoms with Crippen molar-refractivity contribution in [3.63, 3.8) is 0 Å².